The molecule has 17 heavy (non-hydrogen) atoms. The number of carbonyl (C=O) groups is 1. The van der Waals surface area contributed by atoms with E-state index in [1.165, 1.54) is 0 Å². The van der Waals surface area contributed by atoms with Crippen LogP contribution in [0.25, 0.3) is 0 Å². The van der Waals surface area contributed by atoms with Gasteiger partial charge in [0.1, 0.15) is 0 Å². The van der Waals surface area contributed by atoms with Crippen molar-refractivity contribution in [2.24, 2.45) is 0 Å². The third kappa shape index (κ3) is 2.90. The fraction of sp³-hybridized carbons (Fsp3) is 0.900. The van der Waals surface area contributed by atoms with Crippen LogP contribution in [-0.2, 0) is 10.0 Å². The summed E-state index contributed by atoms with van der Waals surface area (Å²) in [4.78, 5) is 10.5. The summed E-state index contributed by atoms with van der Waals surface area (Å²) in [6.07, 6.45) is 2.68. The monoisotopic (exact) mass is 262 g/mol. The van der Waals surface area contributed by atoms with Crippen molar-refractivity contribution in [3.05, 3.63) is 0 Å². The van der Waals surface area contributed by atoms with Crippen LogP contribution in [-0.4, -0.2) is 48.3 Å². The van der Waals surface area contributed by atoms with E-state index >= 15 is 0 Å². The molecule has 0 atom stereocenters. The Hall–Kier alpha value is -0.820. The van der Waals surface area contributed by atoms with Crippen molar-refractivity contribution >= 4 is 16.1 Å². The SMILES string of the molecule is O=C(O)NC1CCC(N2CCCS2(=O)=O)CC1. The van der Waals surface area contributed by atoms with Crippen LogP contribution in [0.1, 0.15) is 32.1 Å². The molecule has 98 valence electrons. The van der Waals surface area contributed by atoms with Crippen molar-refractivity contribution in [1.29, 1.82) is 0 Å². The molecular formula is C10H18N2O4S. The van der Waals surface area contributed by atoms with Crippen molar-refractivity contribution in [1.82, 2.24) is 9.62 Å². The normalized spacial score (nSPS) is 33.4. The topological polar surface area (TPSA) is 86.7 Å². The second-order valence-electron chi connectivity index (χ2n) is 4.74. The van der Waals surface area contributed by atoms with Gasteiger partial charge in [0.05, 0.1) is 5.75 Å². The van der Waals surface area contributed by atoms with E-state index in [1.54, 1.807) is 4.31 Å². The maximum absolute atomic E-state index is 11.7. The van der Waals surface area contributed by atoms with Crippen LogP contribution in [0, 0.1) is 0 Å². The number of hydrogen-bond acceptors (Lipinski definition) is 3. The van der Waals surface area contributed by atoms with E-state index in [-0.39, 0.29) is 17.8 Å². The van der Waals surface area contributed by atoms with E-state index in [2.05, 4.69) is 5.32 Å². The highest BCUT2D eigenvalue weighted by Crippen LogP contribution is 2.28. The molecule has 2 aliphatic rings. The Bertz CT molecular complexity index is 387. The van der Waals surface area contributed by atoms with Gasteiger partial charge >= 0.3 is 6.09 Å². The molecule has 0 unspecified atom stereocenters. The molecule has 0 spiro atoms. The average molecular weight is 262 g/mol. The Morgan fingerprint density at radius 1 is 1.24 bits per heavy atom. The minimum atomic E-state index is -3.03. The van der Waals surface area contributed by atoms with Gasteiger partial charge in [0, 0.05) is 18.6 Å². The molecule has 1 aliphatic carbocycles. The van der Waals surface area contributed by atoms with Crippen LogP contribution in [0.4, 0.5) is 4.79 Å². The van der Waals surface area contributed by atoms with E-state index in [0.717, 1.165) is 32.1 Å². The summed E-state index contributed by atoms with van der Waals surface area (Å²) in [5.41, 5.74) is 0. The van der Waals surface area contributed by atoms with E-state index < -0.39 is 16.1 Å². The van der Waals surface area contributed by atoms with Gasteiger partial charge < -0.3 is 10.4 Å². The smallest absolute Gasteiger partial charge is 0.404 e. The summed E-state index contributed by atoms with van der Waals surface area (Å²) in [6, 6.07) is 0.0587. The zero-order valence-corrected chi connectivity index (χ0v) is 10.4. The fourth-order valence-electron chi connectivity index (χ4n) is 2.75. The minimum absolute atomic E-state index is 0.0194. The summed E-state index contributed by atoms with van der Waals surface area (Å²) < 4.78 is 25.1. The van der Waals surface area contributed by atoms with E-state index in [0.29, 0.717) is 6.54 Å². The number of hydrogen-bond donors (Lipinski definition) is 2. The molecule has 1 saturated carbocycles. The van der Waals surface area contributed by atoms with Gasteiger partial charge in [-0.15, -0.1) is 0 Å². The van der Waals surface area contributed by atoms with Gasteiger partial charge in [-0.1, -0.05) is 0 Å². The highest BCUT2D eigenvalue weighted by molar-refractivity contribution is 7.89. The summed E-state index contributed by atoms with van der Waals surface area (Å²) in [6.45, 7) is 0.629. The molecule has 0 aromatic carbocycles. The first kappa shape index (κ1) is 12.6. The molecule has 0 aromatic rings. The van der Waals surface area contributed by atoms with Gasteiger partial charge in [0.25, 0.3) is 0 Å². The highest BCUT2D eigenvalue weighted by Gasteiger charge is 2.36. The Kier molecular flexibility index (Phi) is 3.58. The Morgan fingerprint density at radius 3 is 2.35 bits per heavy atom. The molecule has 1 heterocycles. The molecule has 1 saturated heterocycles. The lowest BCUT2D eigenvalue weighted by molar-refractivity contribution is 0.178. The summed E-state index contributed by atoms with van der Waals surface area (Å²) in [5, 5.41) is 11.1. The van der Waals surface area contributed by atoms with Crippen molar-refractivity contribution in [3.8, 4) is 0 Å². The molecule has 2 fully saturated rings. The van der Waals surface area contributed by atoms with Crippen molar-refractivity contribution in [2.45, 2.75) is 44.2 Å². The lowest BCUT2D eigenvalue weighted by Crippen LogP contribution is -2.44. The first-order valence-electron chi connectivity index (χ1n) is 5.98. The van der Waals surface area contributed by atoms with Gasteiger partial charge in [-0.3, -0.25) is 0 Å². The minimum Gasteiger partial charge on any atom is -0.465 e. The molecule has 0 bridgehead atoms. The number of nitrogens with zero attached hydrogens (tertiary/aromatic N) is 1. The number of nitrogens with one attached hydrogen (secondary N) is 1. The van der Waals surface area contributed by atoms with Crippen molar-refractivity contribution < 1.29 is 18.3 Å². The summed E-state index contributed by atoms with van der Waals surface area (Å²) >= 11 is 0. The lowest BCUT2D eigenvalue weighted by Gasteiger charge is -2.33. The second kappa shape index (κ2) is 4.81. The summed E-state index contributed by atoms with van der Waals surface area (Å²) in [7, 11) is -3.03. The molecule has 6 nitrogen and oxygen atoms in total. The van der Waals surface area contributed by atoms with E-state index in [9.17, 15) is 13.2 Å². The average Bonchev–Trinajstić information content (AvgIpc) is 2.58. The first-order valence-corrected chi connectivity index (χ1v) is 7.59. The molecule has 2 rings (SSSR count). The zero-order chi connectivity index (χ0) is 12.5. The van der Waals surface area contributed by atoms with Gasteiger partial charge in [-0.05, 0) is 32.1 Å². The van der Waals surface area contributed by atoms with Gasteiger partial charge in [-0.2, -0.15) is 4.31 Å². The fourth-order valence-corrected chi connectivity index (χ4v) is 4.55. The van der Waals surface area contributed by atoms with E-state index in [1.807, 2.05) is 0 Å². The van der Waals surface area contributed by atoms with Gasteiger partial charge in [0.2, 0.25) is 10.0 Å². The predicted octanol–water partition coefficient (Wildman–Crippen LogP) is 0.601. The highest BCUT2D eigenvalue weighted by atomic mass is 32.2. The lowest BCUT2D eigenvalue weighted by atomic mass is 9.91. The first-order chi connectivity index (χ1) is 7.99. The third-order valence-electron chi connectivity index (χ3n) is 3.57. The zero-order valence-electron chi connectivity index (χ0n) is 9.63. The van der Waals surface area contributed by atoms with Gasteiger partial charge in [-0.25, -0.2) is 13.2 Å². The Balaban J connectivity index is 1.89. The maximum Gasteiger partial charge on any atom is 0.404 e. The molecule has 7 heteroatoms. The third-order valence-corrected chi connectivity index (χ3v) is 5.57. The van der Waals surface area contributed by atoms with Crippen LogP contribution in [0.5, 0.6) is 0 Å². The number of sulfonamides is 1. The molecule has 1 amide bonds. The van der Waals surface area contributed by atoms with Crippen LogP contribution in [0.3, 0.4) is 0 Å². The largest absolute Gasteiger partial charge is 0.465 e. The molecule has 2 N–H and O–H groups in total. The predicted molar refractivity (Wildman–Crippen MR) is 62.3 cm³/mol. The second-order valence-corrected chi connectivity index (χ2v) is 6.78. The summed E-state index contributed by atoms with van der Waals surface area (Å²) in [5.74, 6) is 0.264. The Morgan fingerprint density at radius 2 is 1.88 bits per heavy atom. The van der Waals surface area contributed by atoms with Gasteiger partial charge in [0.15, 0.2) is 0 Å². The van der Waals surface area contributed by atoms with Crippen LogP contribution < -0.4 is 5.32 Å². The number of rotatable bonds is 2. The quantitative estimate of drug-likeness (QED) is 0.763. The number of amides is 1. The maximum atomic E-state index is 11.7. The van der Waals surface area contributed by atoms with Crippen molar-refractivity contribution in [3.63, 3.8) is 0 Å². The molecular weight excluding hydrogens is 244 g/mol. The van der Waals surface area contributed by atoms with Crippen molar-refractivity contribution in [2.75, 3.05) is 12.3 Å². The van der Waals surface area contributed by atoms with Crippen LogP contribution >= 0.6 is 0 Å². The molecule has 1 aliphatic heterocycles. The molecule has 0 aromatic heterocycles. The Labute approximate surface area is 101 Å². The standard InChI is InChI=1S/C10H18N2O4S/c13-10(14)11-8-2-4-9(5-3-8)12-6-1-7-17(12,15)16/h8-9,11H,1-7H2,(H,13,14). The van der Waals surface area contributed by atoms with Crippen LogP contribution in [0.15, 0.2) is 0 Å². The number of carboxylic acid groups (broad SMARTS) is 1. The molecule has 0 radical (unpaired) electrons. The van der Waals surface area contributed by atoms with Crippen LogP contribution in [0.2, 0.25) is 0 Å². The van der Waals surface area contributed by atoms with E-state index in [4.69, 9.17) is 5.11 Å².